The Morgan fingerprint density at radius 3 is 2.54 bits per heavy atom. The van der Waals surface area contributed by atoms with Crippen LogP contribution in [0.25, 0.3) is 16.7 Å². The number of rotatable bonds is 3. The van der Waals surface area contributed by atoms with Gasteiger partial charge in [0.2, 0.25) is 0 Å². The molecule has 0 aliphatic heterocycles. The number of benzene rings is 2. The van der Waals surface area contributed by atoms with Crippen LogP contribution in [0.5, 0.6) is 0 Å². The molecule has 4 aromatic rings. The zero-order valence-corrected chi connectivity index (χ0v) is 14.5. The smallest absolute Gasteiger partial charge is 0.291 e. The van der Waals surface area contributed by atoms with E-state index in [0.29, 0.717) is 15.0 Å². The van der Waals surface area contributed by atoms with E-state index in [9.17, 15) is 4.79 Å². The lowest BCUT2D eigenvalue weighted by Gasteiger charge is -2.02. The number of nitrogens with zero attached hydrogens (tertiary/aromatic N) is 3. The van der Waals surface area contributed by atoms with Gasteiger partial charge in [-0.05, 0) is 65.1 Å². The molecule has 0 saturated heterocycles. The SMILES string of the molecule is O=C(Nc1ccc2nn(-c3ccccc3)nc2c1)c1ccc(I)o1. The molecule has 0 aliphatic rings. The number of para-hydroxylation sites is 1. The van der Waals surface area contributed by atoms with E-state index in [4.69, 9.17) is 4.42 Å². The summed E-state index contributed by atoms with van der Waals surface area (Å²) >= 11 is 2.02. The predicted octanol–water partition coefficient (Wildman–Crippen LogP) is 3.87. The van der Waals surface area contributed by atoms with Gasteiger partial charge in [-0.3, -0.25) is 4.79 Å². The van der Waals surface area contributed by atoms with Gasteiger partial charge in [0.05, 0.1) is 5.69 Å². The minimum absolute atomic E-state index is 0.271. The van der Waals surface area contributed by atoms with Gasteiger partial charge in [-0.15, -0.1) is 10.2 Å². The Kier molecular flexibility index (Phi) is 3.77. The van der Waals surface area contributed by atoms with E-state index in [1.807, 2.05) is 59.0 Å². The molecule has 118 valence electrons. The van der Waals surface area contributed by atoms with E-state index >= 15 is 0 Å². The van der Waals surface area contributed by atoms with Crippen LogP contribution < -0.4 is 5.32 Å². The Labute approximate surface area is 150 Å². The normalized spacial score (nSPS) is 10.9. The van der Waals surface area contributed by atoms with E-state index in [0.717, 1.165) is 11.2 Å². The van der Waals surface area contributed by atoms with Gasteiger partial charge >= 0.3 is 0 Å². The van der Waals surface area contributed by atoms with Gasteiger partial charge < -0.3 is 9.73 Å². The average molecular weight is 430 g/mol. The lowest BCUT2D eigenvalue weighted by molar-refractivity contribution is 0.0995. The first-order valence-electron chi connectivity index (χ1n) is 7.18. The molecule has 0 bridgehead atoms. The number of aromatic nitrogens is 3. The van der Waals surface area contributed by atoms with Crippen LogP contribution >= 0.6 is 22.6 Å². The molecule has 7 heteroatoms. The Bertz CT molecular complexity index is 1020. The summed E-state index contributed by atoms with van der Waals surface area (Å²) in [6, 6.07) is 18.4. The summed E-state index contributed by atoms with van der Waals surface area (Å²) in [6.45, 7) is 0. The van der Waals surface area contributed by atoms with Gasteiger partial charge in [0, 0.05) is 5.69 Å². The number of carbonyl (C=O) groups is 1. The summed E-state index contributed by atoms with van der Waals surface area (Å²) in [5.74, 6) is -0.0276. The molecule has 0 unspecified atom stereocenters. The molecule has 6 nitrogen and oxygen atoms in total. The van der Waals surface area contributed by atoms with Gasteiger partial charge in [-0.1, -0.05) is 18.2 Å². The standard InChI is InChI=1S/C17H11IN4O2/c18-16-9-8-15(24-16)17(23)19-11-6-7-13-14(10-11)21-22(20-13)12-4-2-1-3-5-12/h1-10H,(H,19,23). The summed E-state index contributed by atoms with van der Waals surface area (Å²) in [4.78, 5) is 13.7. The molecular weight excluding hydrogens is 419 g/mol. The molecule has 1 N–H and O–H groups in total. The van der Waals surface area contributed by atoms with Crippen molar-refractivity contribution in [2.45, 2.75) is 0 Å². The Hall–Kier alpha value is -2.68. The average Bonchev–Trinajstić information content (AvgIpc) is 3.21. The van der Waals surface area contributed by atoms with Crippen molar-refractivity contribution in [2.75, 3.05) is 5.32 Å². The molecule has 0 atom stereocenters. The minimum Gasteiger partial charge on any atom is -0.445 e. The van der Waals surface area contributed by atoms with Crippen molar-refractivity contribution in [3.8, 4) is 5.69 Å². The van der Waals surface area contributed by atoms with Crippen LogP contribution in [0.3, 0.4) is 0 Å². The van der Waals surface area contributed by atoms with Crippen LogP contribution in [0.4, 0.5) is 5.69 Å². The maximum absolute atomic E-state index is 12.1. The van der Waals surface area contributed by atoms with Crippen molar-refractivity contribution < 1.29 is 9.21 Å². The first-order chi connectivity index (χ1) is 11.7. The van der Waals surface area contributed by atoms with Gasteiger partial charge in [-0.2, -0.15) is 4.80 Å². The predicted molar refractivity (Wildman–Crippen MR) is 98.2 cm³/mol. The van der Waals surface area contributed by atoms with Crippen molar-refractivity contribution in [2.24, 2.45) is 0 Å². The number of furan rings is 1. The maximum Gasteiger partial charge on any atom is 0.291 e. The quantitative estimate of drug-likeness (QED) is 0.501. The van der Waals surface area contributed by atoms with E-state index in [1.54, 1.807) is 29.1 Å². The number of nitrogens with one attached hydrogen (secondary N) is 1. The Balaban J connectivity index is 1.62. The van der Waals surface area contributed by atoms with Crippen molar-refractivity contribution >= 4 is 45.2 Å². The van der Waals surface area contributed by atoms with Crippen LogP contribution in [0.15, 0.2) is 65.1 Å². The minimum atomic E-state index is -0.298. The van der Waals surface area contributed by atoms with Crippen molar-refractivity contribution in [3.63, 3.8) is 0 Å². The van der Waals surface area contributed by atoms with E-state index in [-0.39, 0.29) is 11.7 Å². The highest BCUT2D eigenvalue weighted by molar-refractivity contribution is 14.1. The zero-order valence-electron chi connectivity index (χ0n) is 12.3. The number of fused-ring (bicyclic) bond motifs is 1. The second-order valence-corrected chi connectivity index (χ2v) is 6.15. The topological polar surface area (TPSA) is 73.0 Å². The van der Waals surface area contributed by atoms with Crippen LogP contribution in [0.1, 0.15) is 10.6 Å². The Morgan fingerprint density at radius 2 is 1.79 bits per heavy atom. The Morgan fingerprint density at radius 1 is 1.00 bits per heavy atom. The van der Waals surface area contributed by atoms with E-state index < -0.39 is 0 Å². The molecule has 0 fully saturated rings. The summed E-state index contributed by atoms with van der Waals surface area (Å²) < 4.78 is 5.98. The van der Waals surface area contributed by atoms with Crippen molar-refractivity contribution in [1.82, 2.24) is 15.0 Å². The summed E-state index contributed by atoms with van der Waals surface area (Å²) in [7, 11) is 0. The number of halogens is 1. The zero-order chi connectivity index (χ0) is 16.5. The molecule has 2 heterocycles. The lowest BCUT2D eigenvalue weighted by atomic mass is 10.2. The monoisotopic (exact) mass is 430 g/mol. The number of amides is 1. The van der Waals surface area contributed by atoms with Gasteiger partial charge in [0.25, 0.3) is 5.91 Å². The molecular formula is C17H11IN4O2. The maximum atomic E-state index is 12.1. The van der Waals surface area contributed by atoms with Gasteiger partial charge in [-0.25, -0.2) is 0 Å². The molecule has 0 radical (unpaired) electrons. The third kappa shape index (κ3) is 2.90. The van der Waals surface area contributed by atoms with Crippen LogP contribution in [0, 0.1) is 3.77 Å². The van der Waals surface area contributed by atoms with Crippen LogP contribution in [-0.2, 0) is 0 Å². The van der Waals surface area contributed by atoms with Crippen molar-refractivity contribution in [1.29, 1.82) is 0 Å². The lowest BCUT2D eigenvalue weighted by Crippen LogP contribution is -2.10. The summed E-state index contributed by atoms with van der Waals surface area (Å²) in [6.07, 6.45) is 0. The van der Waals surface area contributed by atoms with Gasteiger partial charge in [0.15, 0.2) is 9.53 Å². The second-order valence-electron chi connectivity index (χ2n) is 5.09. The molecule has 4 rings (SSSR count). The van der Waals surface area contributed by atoms with E-state index in [1.165, 1.54) is 0 Å². The number of hydrogen-bond acceptors (Lipinski definition) is 4. The highest BCUT2D eigenvalue weighted by Crippen LogP contribution is 2.19. The molecule has 24 heavy (non-hydrogen) atoms. The van der Waals surface area contributed by atoms with E-state index in [2.05, 4.69) is 15.5 Å². The first-order valence-corrected chi connectivity index (χ1v) is 8.26. The molecule has 2 aromatic carbocycles. The fourth-order valence-electron chi connectivity index (χ4n) is 2.30. The fraction of sp³-hybridized carbons (Fsp3) is 0. The van der Waals surface area contributed by atoms with Crippen LogP contribution in [0.2, 0.25) is 0 Å². The molecule has 0 aliphatic carbocycles. The molecule has 0 spiro atoms. The second kappa shape index (κ2) is 6.08. The van der Waals surface area contributed by atoms with Gasteiger partial charge in [0.1, 0.15) is 11.0 Å². The fourth-order valence-corrected chi connectivity index (χ4v) is 2.72. The van der Waals surface area contributed by atoms with Crippen molar-refractivity contribution in [3.05, 3.63) is 70.2 Å². The van der Waals surface area contributed by atoms with Crippen LogP contribution in [-0.4, -0.2) is 20.9 Å². The number of anilines is 1. The summed E-state index contributed by atoms with van der Waals surface area (Å²) in [5.41, 5.74) is 2.97. The molecule has 0 saturated carbocycles. The first kappa shape index (κ1) is 14.9. The summed E-state index contributed by atoms with van der Waals surface area (Å²) in [5, 5.41) is 11.7. The molecule has 1 amide bonds. The third-order valence-corrected chi connectivity index (χ3v) is 4.00. The highest BCUT2D eigenvalue weighted by atomic mass is 127. The molecule has 2 aromatic heterocycles. The number of carbonyl (C=O) groups excluding carboxylic acids is 1. The number of hydrogen-bond donors (Lipinski definition) is 1. The highest BCUT2D eigenvalue weighted by Gasteiger charge is 2.12. The largest absolute Gasteiger partial charge is 0.445 e. The third-order valence-electron chi connectivity index (χ3n) is 3.42.